The molecule has 0 radical (unpaired) electrons. The van der Waals surface area contributed by atoms with Crippen molar-refractivity contribution < 1.29 is 0 Å². The van der Waals surface area contributed by atoms with E-state index in [2.05, 4.69) is 97.9 Å². The third kappa shape index (κ3) is 3.73. The van der Waals surface area contributed by atoms with E-state index in [0.717, 1.165) is 0 Å². The van der Waals surface area contributed by atoms with Crippen molar-refractivity contribution >= 4 is 21.5 Å². The van der Waals surface area contributed by atoms with E-state index >= 15 is 0 Å². The summed E-state index contributed by atoms with van der Waals surface area (Å²) in [4.78, 5) is 0. The van der Waals surface area contributed by atoms with E-state index < -0.39 is 0 Å². The highest BCUT2D eigenvalue weighted by molar-refractivity contribution is 5.83. The van der Waals surface area contributed by atoms with Crippen molar-refractivity contribution in [1.82, 2.24) is 0 Å². The third-order valence-electron chi connectivity index (χ3n) is 3.56. The molecule has 0 aliphatic heterocycles. The maximum atomic E-state index is 2.20. The zero-order valence-electron chi connectivity index (χ0n) is 12.2. The van der Waals surface area contributed by atoms with Crippen LogP contribution in [0, 0.1) is 6.92 Å². The molecule has 0 aliphatic carbocycles. The molecule has 0 nitrogen and oxygen atoms in total. The van der Waals surface area contributed by atoms with Crippen LogP contribution in [0.4, 0.5) is 0 Å². The molecule has 4 rings (SSSR count). The summed E-state index contributed by atoms with van der Waals surface area (Å²) in [7, 11) is 0. The Balaban J connectivity index is 0.000000154. The van der Waals surface area contributed by atoms with Crippen LogP contribution in [0.5, 0.6) is 0 Å². The highest BCUT2D eigenvalue weighted by atomic mass is 13.9. The van der Waals surface area contributed by atoms with Gasteiger partial charge in [-0.2, -0.15) is 0 Å². The normalized spacial score (nSPS) is 9.68. The van der Waals surface area contributed by atoms with Crippen LogP contribution in [0.3, 0.4) is 0 Å². The third-order valence-corrected chi connectivity index (χ3v) is 3.56. The number of aryl methyl sites for hydroxylation is 1. The van der Waals surface area contributed by atoms with E-state index in [-0.39, 0.29) is 7.43 Å². The van der Waals surface area contributed by atoms with Gasteiger partial charge in [-0.1, -0.05) is 104 Å². The lowest BCUT2D eigenvalue weighted by Crippen LogP contribution is -1.73. The first-order valence-corrected chi connectivity index (χ1v) is 7.22. The number of hydrogen-bond acceptors (Lipinski definition) is 0. The zero-order valence-corrected chi connectivity index (χ0v) is 12.2. The highest BCUT2D eigenvalue weighted by Gasteiger charge is 1.89. The SMILES string of the molecule is C.Cc1ccc2ccccc2c1.c1ccc2ccccc2c1. The fourth-order valence-electron chi connectivity index (χ4n) is 2.44. The van der Waals surface area contributed by atoms with Crippen LogP contribution in [0.2, 0.25) is 0 Å². The van der Waals surface area contributed by atoms with Crippen molar-refractivity contribution in [1.29, 1.82) is 0 Å². The Morgan fingerprint density at radius 1 is 0.455 bits per heavy atom. The molecule has 0 heterocycles. The van der Waals surface area contributed by atoms with Crippen LogP contribution in [0.25, 0.3) is 21.5 Å². The fraction of sp³-hybridized carbons (Fsp3) is 0.0909. The summed E-state index contributed by atoms with van der Waals surface area (Å²) >= 11 is 0. The van der Waals surface area contributed by atoms with E-state index in [1.165, 1.54) is 27.1 Å². The molecule has 0 atom stereocenters. The van der Waals surface area contributed by atoms with Gasteiger partial charge in [0.05, 0.1) is 0 Å². The fourth-order valence-corrected chi connectivity index (χ4v) is 2.44. The van der Waals surface area contributed by atoms with Crippen LogP contribution in [-0.4, -0.2) is 0 Å². The molecule has 0 fully saturated rings. The van der Waals surface area contributed by atoms with E-state index in [9.17, 15) is 0 Å². The largest absolute Gasteiger partial charge is 0.0776 e. The molecule has 0 heteroatoms. The lowest BCUT2D eigenvalue weighted by atomic mass is 10.1. The molecule has 0 N–H and O–H groups in total. The van der Waals surface area contributed by atoms with Crippen molar-refractivity contribution in [3.63, 3.8) is 0 Å². The molecule has 4 aromatic carbocycles. The Labute approximate surface area is 133 Å². The topological polar surface area (TPSA) is 0 Å². The van der Waals surface area contributed by atoms with Crippen LogP contribution in [-0.2, 0) is 0 Å². The Morgan fingerprint density at radius 2 is 0.818 bits per heavy atom. The van der Waals surface area contributed by atoms with Crippen LogP contribution in [0.1, 0.15) is 13.0 Å². The van der Waals surface area contributed by atoms with Gasteiger partial charge in [0.2, 0.25) is 0 Å². The maximum absolute atomic E-state index is 2.20. The second-order valence-corrected chi connectivity index (χ2v) is 5.20. The number of benzene rings is 4. The molecule has 110 valence electrons. The summed E-state index contributed by atoms with van der Waals surface area (Å²) in [5.74, 6) is 0. The van der Waals surface area contributed by atoms with Gasteiger partial charge in [-0.05, 0) is 28.5 Å². The van der Waals surface area contributed by atoms with Gasteiger partial charge in [-0.15, -0.1) is 0 Å². The number of fused-ring (bicyclic) bond motifs is 2. The predicted molar refractivity (Wildman–Crippen MR) is 99.4 cm³/mol. The molecule has 0 aliphatic rings. The summed E-state index contributed by atoms with van der Waals surface area (Å²) in [5.41, 5.74) is 1.32. The van der Waals surface area contributed by atoms with Crippen molar-refractivity contribution in [2.24, 2.45) is 0 Å². The average Bonchev–Trinajstić information content (AvgIpc) is 2.55. The Morgan fingerprint density at radius 3 is 1.27 bits per heavy atom. The predicted octanol–water partition coefficient (Wildman–Crippen LogP) is 6.62. The van der Waals surface area contributed by atoms with E-state index in [1.807, 2.05) is 0 Å². The van der Waals surface area contributed by atoms with Gasteiger partial charge in [-0.25, -0.2) is 0 Å². The minimum Gasteiger partial charge on any atom is -0.0776 e. The van der Waals surface area contributed by atoms with E-state index in [1.54, 1.807) is 0 Å². The van der Waals surface area contributed by atoms with E-state index in [4.69, 9.17) is 0 Å². The van der Waals surface area contributed by atoms with Crippen molar-refractivity contribution in [2.75, 3.05) is 0 Å². The molecule has 0 unspecified atom stereocenters. The Hall–Kier alpha value is -2.60. The minimum atomic E-state index is 0. The van der Waals surface area contributed by atoms with Crippen molar-refractivity contribution in [3.8, 4) is 0 Å². The molecular weight excluding hydrogens is 264 g/mol. The standard InChI is InChI=1S/C11H10.C10H8.CH4/c1-9-6-7-10-4-2-3-5-11(10)8-9;1-2-6-10-8-4-3-7-9(10)5-1;/h2-8H,1H3;1-8H;1H4. The molecule has 4 aromatic rings. The first kappa shape index (κ1) is 15.8. The molecule has 0 saturated carbocycles. The average molecular weight is 286 g/mol. The summed E-state index contributed by atoms with van der Waals surface area (Å²) in [6.07, 6.45) is 0. The van der Waals surface area contributed by atoms with Gasteiger partial charge < -0.3 is 0 Å². The number of rotatable bonds is 0. The monoisotopic (exact) mass is 286 g/mol. The first-order valence-electron chi connectivity index (χ1n) is 7.22. The molecular formula is C22H22. The van der Waals surface area contributed by atoms with Crippen molar-refractivity contribution in [2.45, 2.75) is 14.4 Å². The molecule has 0 bridgehead atoms. The molecule has 0 spiro atoms. The zero-order chi connectivity index (χ0) is 14.5. The maximum Gasteiger partial charge on any atom is -0.0181 e. The summed E-state index contributed by atoms with van der Waals surface area (Å²) in [6.45, 7) is 2.12. The van der Waals surface area contributed by atoms with Crippen LogP contribution >= 0.6 is 0 Å². The molecule has 0 saturated heterocycles. The smallest absolute Gasteiger partial charge is 0.0181 e. The van der Waals surface area contributed by atoms with Gasteiger partial charge in [0, 0.05) is 0 Å². The second-order valence-electron chi connectivity index (χ2n) is 5.20. The molecule has 0 amide bonds. The minimum absolute atomic E-state index is 0. The van der Waals surface area contributed by atoms with Gasteiger partial charge in [0.15, 0.2) is 0 Å². The lowest BCUT2D eigenvalue weighted by molar-refractivity contribution is 1.51. The first-order chi connectivity index (χ1) is 10.3. The van der Waals surface area contributed by atoms with E-state index in [0.29, 0.717) is 0 Å². The Kier molecular flexibility index (Phi) is 5.32. The second kappa shape index (κ2) is 7.42. The van der Waals surface area contributed by atoms with Gasteiger partial charge >= 0.3 is 0 Å². The van der Waals surface area contributed by atoms with Gasteiger partial charge in [0.1, 0.15) is 0 Å². The summed E-state index contributed by atoms with van der Waals surface area (Å²) < 4.78 is 0. The summed E-state index contributed by atoms with van der Waals surface area (Å²) in [6, 6.07) is 31.6. The van der Waals surface area contributed by atoms with Gasteiger partial charge in [-0.3, -0.25) is 0 Å². The molecule has 0 aromatic heterocycles. The number of hydrogen-bond donors (Lipinski definition) is 0. The molecule has 22 heavy (non-hydrogen) atoms. The quantitative estimate of drug-likeness (QED) is 0.340. The van der Waals surface area contributed by atoms with Crippen LogP contribution < -0.4 is 0 Å². The van der Waals surface area contributed by atoms with Crippen molar-refractivity contribution in [3.05, 3.63) is 96.6 Å². The highest BCUT2D eigenvalue weighted by Crippen LogP contribution is 2.14. The summed E-state index contributed by atoms with van der Waals surface area (Å²) in [5, 5.41) is 5.26. The van der Waals surface area contributed by atoms with Crippen LogP contribution in [0.15, 0.2) is 91.0 Å². The lowest BCUT2D eigenvalue weighted by Gasteiger charge is -1.96. The van der Waals surface area contributed by atoms with Gasteiger partial charge in [0.25, 0.3) is 0 Å². The Bertz CT molecular complexity index is 794.